The highest BCUT2D eigenvalue weighted by Gasteiger charge is 2.07. The fourth-order valence-corrected chi connectivity index (χ4v) is 2.80. The van der Waals surface area contributed by atoms with Gasteiger partial charge in [-0.2, -0.15) is 0 Å². The molecule has 1 atom stereocenters. The van der Waals surface area contributed by atoms with E-state index in [9.17, 15) is 4.79 Å². The SMILES string of the molecule is COCCCCCCCC(CCCCCCCC(=O)OC)OC. The van der Waals surface area contributed by atoms with Gasteiger partial charge in [-0.15, -0.1) is 0 Å². The van der Waals surface area contributed by atoms with Crippen LogP contribution in [0.2, 0.25) is 0 Å². The Kier molecular flexibility index (Phi) is 17.3. The van der Waals surface area contributed by atoms with E-state index in [1.165, 1.54) is 64.9 Å². The topological polar surface area (TPSA) is 44.8 Å². The van der Waals surface area contributed by atoms with E-state index in [1.807, 2.05) is 7.11 Å². The van der Waals surface area contributed by atoms with Crippen LogP contribution in [-0.2, 0) is 19.0 Å². The summed E-state index contributed by atoms with van der Waals surface area (Å²) in [6, 6.07) is 0. The summed E-state index contributed by atoms with van der Waals surface area (Å²) in [7, 11) is 5.05. The van der Waals surface area contributed by atoms with Crippen LogP contribution in [0.1, 0.15) is 83.5 Å². The Morgan fingerprint density at radius 1 is 0.739 bits per heavy atom. The lowest BCUT2D eigenvalue weighted by atomic mass is 10.0. The van der Waals surface area contributed by atoms with E-state index in [0.717, 1.165) is 25.9 Å². The minimum atomic E-state index is -0.0910. The maximum Gasteiger partial charge on any atom is 0.305 e. The molecule has 0 N–H and O–H groups in total. The van der Waals surface area contributed by atoms with E-state index >= 15 is 0 Å². The van der Waals surface area contributed by atoms with E-state index in [2.05, 4.69) is 4.74 Å². The molecule has 0 saturated heterocycles. The second-order valence-corrected chi connectivity index (χ2v) is 6.29. The smallest absolute Gasteiger partial charge is 0.305 e. The highest BCUT2D eigenvalue weighted by molar-refractivity contribution is 5.68. The van der Waals surface area contributed by atoms with Crippen molar-refractivity contribution in [1.29, 1.82) is 0 Å². The second-order valence-electron chi connectivity index (χ2n) is 6.29. The van der Waals surface area contributed by atoms with Crippen molar-refractivity contribution in [1.82, 2.24) is 0 Å². The molecule has 0 aromatic carbocycles. The fourth-order valence-electron chi connectivity index (χ4n) is 2.80. The van der Waals surface area contributed by atoms with Crippen LogP contribution >= 0.6 is 0 Å². The van der Waals surface area contributed by atoms with E-state index in [-0.39, 0.29) is 5.97 Å². The Hall–Kier alpha value is -0.610. The first-order valence-electron chi connectivity index (χ1n) is 9.33. The van der Waals surface area contributed by atoms with Crippen molar-refractivity contribution < 1.29 is 19.0 Å². The normalized spacial score (nSPS) is 12.3. The second kappa shape index (κ2) is 17.7. The number of rotatable bonds is 17. The maximum atomic E-state index is 11.0. The number of methoxy groups -OCH3 is 3. The van der Waals surface area contributed by atoms with Gasteiger partial charge in [0.15, 0.2) is 0 Å². The quantitative estimate of drug-likeness (QED) is 0.281. The summed E-state index contributed by atoms with van der Waals surface area (Å²) in [5.41, 5.74) is 0. The van der Waals surface area contributed by atoms with Crippen LogP contribution in [0.5, 0.6) is 0 Å². The molecule has 0 aliphatic rings. The third-order valence-electron chi connectivity index (χ3n) is 4.34. The number of esters is 1. The molecule has 0 bridgehead atoms. The third-order valence-corrected chi connectivity index (χ3v) is 4.34. The van der Waals surface area contributed by atoms with Crippen LogP contribution in [0.3, 0.4) is 0 Å². The molecular formula is C19H38O4. The predicted octanol–water partition coefficient (Wildman–Crippen LogP) is 4.89. The highest BCUT2D eigenvalue weighted by Crippen LogP contribution is 2.15. The zero-order valence-electron chi connectivity index (χ0n) is 15.6. The molecule has 0 saturated carbocycles. The van der Waals surface area contributed by atoms with Gasteiger partial charge in [0.25, 0.3) is 0 Å². The first-order chi connectivity index (χ1) is 11.2. The Bertz CT molecular complexity index is 256. The molecule has 0 aromatic heterocycles. The number of unbranched alkanes of at least 4 members (excludes halogenated alkanes) is 8. The molecule has 0 aromatic rings. The molecule has 4 heteroatoms. The molecule has 1 unspecified atom stereocenters. The molecule has 23 heavy (non-hydrogen) atoms. The molecule has 0 rings (SSSR count). The van der Waals surface area contributed by atoms with Crippen LogP contribution < -0.4 is 0 Å². The summed E-state index contributed by atoms with van der Waals surface area (Å²) >= 11 is 0. The van der Waals surface area contributed by atoms with Gasteiger partial charge in [0.1, 0.15) is 0 Å². The summed E-state index contributed by atoms with van der Waals surface area (Å²) < 4.78 is 15.3. The zero-order valence-corrected chi connectivity index (χ0v) is 15.6. The Morgan fingerprint density at radius 2 is 1.26 bits per heavy atom. The van der Waals surface area contributed by atoms with Crippen molar-refractivity contribution in [3.8, 4) is 0 Å². The predicted molar refractivity (Wildman–Crippen MR) is 94.7 cm³/mol. The van der Waals surface area contributed by atoms with E-state index < -0.39 is 0 Å². The average Bonchev–Trinajstić information content (AvgIpc) is 2.57. The molecule has 138 valence electrons. The monoisotopic (exact) mass is 330 g/mol. The summed E-state index contributed by atoms with van der Waals surface area (Å²) in [5, 5.41) is 0. The van der Waals surface area contributed by atoms with Crippen LogP contribution in [0.4, 0.5) is 0 Å². The minimum Gasteiger partial charge on any atom is -0.469 e. The molecule has 0 amide bonds. The van der Waals surface area contributed by atoms with E-state index in [0.29, 0.717) is 12.5 Å². The summed E-state index contributed by atoms with van der Waals surface area (Å²) in [6.07, 6.45) is 15.4. The molecular weight excluding hydrogens is 292 g/mol. The Morgan fingerprint density at radius 3 is 1.78 bits per heavy atom. The van der Waals surface area contributed by atoms with Crippen molar-refractivity contribution in [2.75, 3.05) is 27.9 Å². The fraction of sp³-hybridized carbons (Fsp3) is 0.947. The van der Waals surface area contributed by atoms with Gasteiger partial charge in [0, 0.05) is 27.2 Å². The minimum absolute atomic E-state index is 0.0910. The standard InChI is InChI=1S/C19H38O4/c1-21-17-13-9-5-7-11-15-18(22-2)14-10-6-4-8-12-16-19(20)23-3/h18H,4-17H2,1-3H3. The summed E-state index contributed by atoms with van der Waals surface area (Å²) in [6.45, 7) is 0.889. The Labute approximate surface area is 143 Å². The van der Waals surface area contributed by atoms with Gasteiger partial charge >= 0.3 is 5.97 Å². The van der Waals surface area contributed by atoms with Gasteiger partial charge in [0.2, 0.25) is 0 Å². The van der Waals surface area contributed by atoms with Crippen LogP contribution in [0.15, 0.2) is 0 Å². The lowest BCUT2D eigenvalue weighted by molar-refractivity contribution is -0.140. The molecule has 0 aliphatic carbocycles. The van der Waals surface area contributed by atoms with Crippen LogP contribution in [0, 0.1) is 0 Å². The highest BCUT2D eigenvalue weighted by atomic mass is 16.5. The average molecular weight is 331 g/mol. The van der Waals surface area contributed by atoms with E-state index in [1.54, 1.807) is 7.11 Å². The zero-order chi connectivity index (χ0) is 17.2. The van der Waals surface area contributed by atoms with Crippen molar-refractivity contribution in [2.24, 2.45) is 0 Å². The molecule has 0 heterocycles. The third kappa shape index (κ3) is 16.0. The van der Waals surface area contributed by atoms with Crippen molar-refractivity contribution >= 4 is 5.97 Å². The van der Waals surface area contributed by atoms with Gasteiger partial charge in [-0.05, 0) is 25.7 Å². The van der Waals surface area contributed by atoms with Gasteiger partial charge in [-0.1, -0.05) is 51.4 Å². The van der Waals surface area contributed by atoms with Crippen molar-refractivity contribution in [3.05, 3.63) is 0 Å². The molecule has 0 aliphatic heterocycles. The van der Waals surface area contributed by atoms with Gasteiger partial charge < -0.3 is 14.2 Å². The molecule has 4 nitrogen and oxygen atoms in total. The number of carbonyl (C=O) groups excluding carboxylic acids is 1. The summed E-state index contributed by atoms with van der Waals surface area (Å²) in [5.74, 6) is -0.0910. The molecule has 0 radical (unpaired) electrons. The van der Waals surface area contributed by atoms with Crippen LogP contribution in [0.25, 0.3) is 0 Å². The number of carbonyl (C=O) groups is 1. The number of ether oxygens (including phenoxy) is 3. The number of hydrogen-bond donors (Lipinski definition) is 0. The lowest BCUT2D eigenvalue weighted by Crippen LogP contribution is -2.10. The van der Waals surface area contributed by atoms with Gasteiger partial charge in [-0.25, -0.2) is 0 Å². The molecule has 0 fully saturated rings. The largest absolute Gasteiger partial charge is 0.469 e. The number of hydrogen-bond acceptors (Lipinski definition) is 4. The van der Waals surface area contributed by atoms with Crippen LogP contribution in [-0.4, -0.2) is 40.0 Å². The van der Waals surface area contributed by atoms with Crippen molar-refractivity contribution in [2.45, 2.75) is 89.6 Å². The first-order valence-corrected chi connectivity index (χ1v) is 9.33. The van der Waals surface area contributed by atoms with E-state index in [4.69, 9.17) is 9.47 Å². The first kappa shape index (κ1) is 22.4. The lowest BCUT2D eigenvalue weighted by Gasteiger charge is -2.15. The molecule has 0 spiro atoms. The maximum absolute atomic E-state index is 11.0. The van der Waals surface area contributed by atoms with Gasteiger partial charge in [0.05, 0.1) is 13.2 Å². The Balaban J connectivity index is 3.36. The van der Waals surface area contributed by atoms with Crippen molar-refractivity contribution in [3.63, 3.8) is 0 Å². The van der Waals surface area contributed by atoms with Gasteiger partial charge in [-0.3, -0.25) is 4.79 Å². The summed E-state index contributed by atoms with van der Waals surface area (Å²) in [4.78, 5) is 11.0.